The van der Waals surface area contributed by atoms with Gasteiger partial charge in [0.05, 0.1) is 4.47 Å². The van der Waals surface area contributed by atoms with Crippen LogP contribution in [-0.4, -0.2) is 4.57 Å². The highest BCUT2D eigenvalue weighted by Crippen LogP contribution is 2.25. The van der Waals surface area contributed by atoms with Crippen LogP contribution in [0, 0.1) is 5.82 Å². The van der Waals surface area contributed by atoms with Crippen molar-refractivity contribution in [3.8, 4) is 0 Å². The minimum atomic E-state index is -0.242. The van der Waals surface area contributed by atoms with E-state index in [1.807, 2.05) is 18.2 Å². The molecular formula is C16H14BrFN2. The van der Waals surface area contributed by atoms with Crippen molar-refractivity contribution in [3.63, 3.8) is 0 Å². The molecule has 0 aliphatic rings. The molecule has 0 bridgehead atoms. The quantitative estimate of drug-likeness (QED) is 0.770. The maximum atomic E-state index is 13.6. The van der Waals surface area contributed by atoms with Crippen molar-refractivity contribution in [2.75, 3.05) is 0 Å². The van der Waals surface area contributed by atoms with Crippen LogP contribution in [0.25, 0.3) is 10.9 Å². The Balaban J connectivity index is 2.12. The van der Waals surface area contributed by atoms with Gasteiger partial charge in [-0.3, -0.25) is 0 Å². The first kappa shape index (κ1) is 13.3. The van der Waals surface area contributed by atoms with E-state index in [9.17, 15) is 4.39 Å². The maximum absolute atomic E-state index is 13.6. The number of hydrogen-bond acceptors (Lipinski definition) is 1. The van der Waals surface area contributed by atoms with Crippen LogP contribution in [-0.2, 0) is 13.1 Å². The minimum absolute atomic E-state index is 0.242. The van der Waals surface area contributed by atoms with Gasteiger partial charge in [-0.2, -0.15) is 0 Å². The molecule has 2 nitrogen and oxygen atoms in total. The lowest BCUT2D eigenvalue weighted by atomic mass is 10.2. The van der Waals surface area contributed by atoms with Crippen molar-refractivity contribution in [1.82, 2.24) is 4.57 Å². The Kier molecular flexibility index (Phi) is 3.59. The summed E-state index contributed by atoms with van der Waals surface area (Å²) in [5.41, 5.74) is 8.89. The average molecular weight is 333 g/mol. The van der Waals surface area contributed by atoms with E-state index in [0.29, 0.717) is 17.6 Å². The zero-order valence-electron chi connectivity index (χ0n) is 10.8. The number of nitrogens with zero attached hydrogens (tertiary/aromatic N) is 1. The summed E-state index contributed by atoms with van der Waals surface area (Å²) in [6.45, 7) is 1.06. The lowest BCUT2D eigenvalue weighted by molar-refractivity contribution is 0.615. The Morgan fingerprint density at radius 3 is 2.70 bits per heavy atom. The van der Waals surface area contributed by atoms with Crippen LogP contribution in [0.3, 0.4) is 0 Å². The van der Waals surface area contributed by atoms with Crippen molar-refractivity contribution in [2.45, 2.75) is 13.1 Å². The van der Waals surface area contributed by atoms with Crippen LogP contribution in [0.2, 0.25) is 0 Å². The number of aromatic nitrogens is 1. The summed E-state index contributed by atoms with van der Waals surface area (Å²) in [6, 6.07) is 15.3. The molecule has 1 heterocycles. The van der Waals surface area contributed by atoms with Gasteiger partial charge in [0.25, 0.3) is 0 Å². The van der Waals surface area contributed by atoms with E-state index in [1.165, 1.54) is 6.07 Å². The summed E-state index contributed by atoms with van der Waals surface area (Å²) in [5, 5.41) is 1.15. The molecule has 0 spiro atoms. The van der Waals surface area contributed by atoms with E-state index in [-0.39, 0.29) is 5.82 Å². The SMILES string of the molecule is NCc1cc2ccccc2n1Cc1cccc(F)c1Br. The molecule has 2 aromatic carbocycles. The number of hydrogen-bond donors (Lipinski definition) is 1. The van der Waals surface area contributed by atoms with Crippen molar-refractivity contribution >= 4 is 26.8 Å². The van der Waals surface area contributed by atoms with Gasteiger partial charge in [0.15, 0.2) is 0 Å². The summed E-state index contributed by atoms with van der Waals surface area (Å²) in [6.07, 6.45) is 0. The first-order valence-corrected chi connectivity index (χ1v) is 7.20. The summed E-state index contributed by atoms with van der Waals surface area (Å²) < 4.78 is 16.3. The van der Waals surface area contributed by atoms with Gasteiger partial charge in [-0.25, -0.2) is 4.39 Å². The molecule has 102 valence electrons. The molecule has 3 aromatic rings. The highest BCUT2D eigenvalue weighted by molar-refractivity contribution is 9.10. The van der Waals surface area contributed by atoms with Crippen LogP contribution in [0.15, 0.2) is 53.0 Å². The normalized spacial score (nSPS) is 11.2. The van der Waals surface area contributed by atoms with Crippen LogP contribution in [0.4, 0.5) is 4.39 Å². The predicted molar refractivity (Wildman–Crippen MR) is 83.0 cm³/mol. The van der Waals surface area contributed by atoms with E-state index >= 15 is 0 Å². The van der Waals surface area contributed by atoms with Gasteiger partial charge in [-0.1, -0.05) is 30.3 Å². The van der Waals surface area contributed by atoms with Crippen LogP contribution in [0.1, 0.15) is 11.3 Å². The lowest BCUT2D eigenvalue weighted by Gasteiger charge is -2.11. The number of benzene rings is 2. The molecule has 20 heavy (non-hydrogen) atoms. The fourth-order valence-corrected chi connectivity index (χ4v) is 2.85. The lowest BCUT2D eigenvalue weighted by Crippen LogP contribution is -2.08. The predicted octanol–water partition coefficient (Wildman–Crippen LogP) is 4.05. The standard InChI is InChI=1S/C16H14BrFN2/c17-16-12(5-3-6-14(16)18)10-20-13(9-19)8-11-4-1-2-7-15(11)20/h1-8H,9-10,19H2. The van der Waals surface area contributed by atoms with Gasteiger partial charge >= 0.3 is 0 Å². The van der Waals surface area contributed by atoms with E-state index in [2.05, 4.69) is 38.7 Å². The molecule has 0 saturated carbocycles. The molecule has 0 amide bonds. The average Bonchev–Trinajstić information content (AvgIpc) is 2.82. The Morgan fingerprint density at radius 2 is 1.90 bits per heavy atom. The fourth-order valence-electron chi connectivity index (χ4n) is 2.46. The second-order valence-corrected chi connectivity index (χ2v) is 5.49. The second-order valence-electron chi connectivity index (χ2n) is 4.70. The molecule has 0 saturated heterocycles. The first-order chi connectivity index (χ1) is 9.70. The van der Waals surface area contributed by atoms with E-state index < -0.39 is 0 Å². The number of para-hydroxylation sites is 1. The highest BCUT2D eigenvalue weighted by atomic mass is 79.9. The van der Waals surface area contributed by atoms with Gasteiger partial charge in [0, 0.05) is 24.3 Å². The monoisotopic (exact) mass is 332 g/mol. The van der Waals surface area contributed by atoms with Gasteiger partial charge in [0.1, 0.15) is 5.82 Å². The molecule has 0 fully saturated rings. The molecule has 3 rings (SSSR count). The molecule has 0 radical (unpaired) electrons. The second kappa shape index (κ2) is 5.38. The van der Waals surface area contributed by atoms with Crippen LogP contribution >= 0.6 is 15.9 Å². The van der Waals surface area contributed by atoms with Gasteiger partial charge in [-0.05, 0) is 45.1 Å². The smallest absolute Gasteiger partial charge is 0.137 e. The van der Waals surface area contributed by atoms with Gasteiger partial charge in [0.2, 0.25) is 0 Å². The molecule has 1 aromatic heterocycles. The minimum Gasteiger partial charge on any atom is -0.339 e. The number of fused-ring (bicyclic) bond motifs is 1. The Hall–Kier alpha value is -1.65. The Labute approximate surface area is 125 Å². The van der Waals surface area contributed by atoms with E-state index in [0.717, 1.165) is 22.2 Å². The third-order valence-electron chi connectivity index (χ3n) is 3.47. The molecule has 0 atom stereocenters. The number of halogens is 2. The Morgan fingerprint density at radius 1 is 1.10 bits per heavy atom. The summed E-state index contributed by atoms with van der Waals surface area (Å²) in [4.78, 5) is 0. The summed E-state index contributed by atoms with van der Waals surface area (Å²) in [5.74, 6) is -0.242. The van der Waals surface area contributed by atoms with E-state index in [4.69, 9.17) is 5.73 Å². The first-order valence-electron chi connectivity index (χ1n) is 6.41. The zero-order chi connectivity index (χ0) is 14.1. The van der Waals surface area contributed by atoms with Crippen LogP contribution in [0.5, 0.6) is 0 Å². The summed E-state index contributed by atoms with van der Waals surface area (Å²) in [7, 11) is 0. The molecule has 4 heteroatoms. The van der Waals surface area contributed by atoms with Crippen molar-refractivity contribution in [3.05, 3.63) is 70.1 Å². The van der Waals surface area contributed by atoms with Gasteiger partial charge < -0.3 is 10.3 Å². The Bertz CT molecular complexity index is 764. The molecular weight excluding hydrogens is 319 g/mol. The molecule has 2 N–H and O–H groups in total. The third kappa shape index (κ3) is 2.25. The van der Waals surface area contributed by atoms with Crippen LogP contribution < -0.4 is 5.73 Å². The van der Waals surface area contributed by atoms with Crippen molar-refractivity contribution in [1.29, 1.82) is 0 Å². The maximum Gasteiger partial charge on any atom is 0.137 e. The van der Waals surface area contributed by atoms with Crippen molar-refractivity contribution < 1.29 is 4.39 Å². The topological polar surface area (TPSA) is 30.9 Å². The van der Waals surface area contributed by atoms with Crippen molar-refractivity contribution in [2.24, 2.45) is 5.73 Å². The highest BCUT2D eigenvalue weighted by Gasteiger charge is 2.11. The third-order valence-corrected chi connectivity index (χ3v) is 4.35. The van der Waals surface area contributed by atoms with Gasteiger partial charge in [-0.15, -0.1) is 0 Å². The fraction of sp³-hybridized carbons (Fsp3) is 0.125. The van der Waals surface area contributed by atoms with E-state index in [1.54, 1.807) is 6.07 Å². The number of nitrogens with two attached hydrogens (primary N) is 1. The largest absolute Gasteiger partial charge is 0.339 e. The molecule has 0 aliphatic carbocycles. The molecule has 0 unspecified atom stereocenters. The molecule has 0 aliphatic heterocycles. The zero-order valence-corrected chi connectivity index (χ0v) is 12.4. The summed E-state index contributed by atoms with van der Waals surface area (Å²) >= 11 is 3.32. The number of rotatable bonds is 3.